The van der Waals surface area contributed by atoms with E-state index in [-0.39, 0.29) is 6.10 Å². The van der Waals surface area contributed by atoms with Gasteiger partial charge in [0.15, 0.2) is 0 Å². The second-order valence-electron chi connectivity index (χ2n) is 6.04. The quantitative estimate of drug-likeness (QED) is 0.651. The zero-order valence-electron chi connectivity index (χ0n) is 14.3. The maximum Gasteiger partial charge on any atom is 0.248 e. The first-order valence-electron chi connectivity index (χ1n) is 8.50. The minimum atomic E-state index is 0.134. The molecule has 0 saturated carbocycles. The van der Waals surface area contributed by atoms with Crippen LogP contribution in [0.5, 0.6) is 5.88 Å². The number of aromatic nitrogens is 5. The molecule has 1 aliphatic heterocycles. The summed E-state index contributed by atoms with van der Waals surface area (Å²) in [4.78, 5) is 4.36. The highest BCUT2D eigenvalue weighted by atomic mass is 35.5. The van der Waals surface area contributed by atoms with Gasteiger partial charge in [0.25, 0.3) is 0 Å². The van der Waals surface area contributed by atoms with E-state index in [9.17, 15) is 0 Å². The second kappa shape index (κ2) is 8.08. The third-order valence-corrected chi connectivity index (χ3v) is 5.02. The Hall–Kier alpha value is -2.42. The van der Waals surface area contributed by atoms with Crippen LogP contribution in [0.1, 0.15) is 12.0 Å². The Balaban J connectivity index is 1.52. The summed E-state index contributed by atoms with van der Waals surface area (Å²) in [5.41, 5.74) is 1.51. The van der Waals surface area contributed by atoms with Crippen LogP contribution in [0, 0.1) is 0 Å². The van der Waals surface area contributed by atoms with Crippen molar-refractivity contribution in [2.75, 3.05) is 18.4 Å². The summed E-state index contributed by atoms with van der Waals surface area (Å²) in [5, 5.41) is 19.1. The molecule has 3 aromatic rings. The Bertz CT molecular complexity index is 927. The third-order valence-electron chi connectivity index (χ3n) is 4.21. The molecule has 10 heteroatoms. The lowest BCUT2D eigenvalue weighted by Crippen LogP contribution is -2.21. The number of nitrogens with one attached hydrogen (secondary N) is 2. The number of halogens is 2. The zero-order chi connectivity index (χ0) is 18.6. The van der Waals surface area contributed by atoms with Crippen molar-refractivity contribution >= 4 is 29.2 Å². The number of pyridine rings is 1. The molecule has 27 heavy (non-hydrogen) atoms. The van der Waals surface area contributed by atoms with Gasteiger partial charge in [-0.3, -0.25) is 0 Å². The molecule has 0 aliphatic carbocycles. The molecule has 1 atom stereocenters. The van der Waals surface area contributed by atoms with Crippen molar-refractivity contribution in [1.29, 1.82) is 0 Å². The monoisotopic (exact) mass is 405 g/mol. The van der Waals surface area contributed by atoms with Gasteiger partial charge in [-0.1, -0.05) is 40.4 Å². The highest BCUT2D eigenvalue weighted by Gasteiger charge is 2.19. The average Bonchev–Trinajstić information content (AvgIpc) is 3.35. The van der Waals surface area contributed by atoms with Crippen LogP contribution >= 0.6 is 23.2 Å². The number of hydrogen-bond donors (Lipinski definition) is 2. The molecule has 1 saturated heterocycles. The van der Waals surface area contributed by atoms with Crippen LogP contribution in [0.25, 0.3) is 5.69 Å². The van der Waals surface area contributed by atoms with Gasteiger partial charge in [0.1, 0.15) is 6.10 Å². The number of benzene rings is 1. The van der Waals surface area contributed by atoms with E-state index in [0.717, 1.165) is 25.1 Å². The number of rotatable bonds is 6. The lowest BCUT2D eigenvalue weighted by molar-refractivity contribution is 0.212. The first-order valence-corrected chi connectivity index (χ1v) is 9.26. The Morgan fingerprint density at radius 2 is 2.19 bits per heavy atom. The van der Waals surface area contributed by atoms with Crippen molar-refractivity contribution in [3.63, 3.8) is 0 Å². The van der Waals surface area contributed by atoms with Crippen molar-refractivity contribution in [3.05, 3.63) is 52.1 Å². The van der Waals surface area contributed by atoms with Gasteiger partial charge in [-0.25, -0.2) is 4.98 Å². The Morgan fingerprint density at radius 1 is 1.26 bits per heavy atom. The van der Waals surface area contributed by atoms with Crippen molar-refractivity contribution in [2.24, 2.45) is 0 Å². The van der Waals surface area contributed by atoms with E-state index in [1.165, 1.54) is 4.68 Å². The first-order chi connectivity index (χ1) is 13.2. The van der Waals surface area contributed by atoms with Crippen LogP contribution in [-0.2, 0) is 6.54 Å². The summed E-state index contributed by atoms with van der Waals surface area (Å²) in [6.07, 6.45) is 2.82. The summed E-state index contributed by atoms with van der Waals surface area (Å²) >= 11 is 12.4. The normalized spacial score (nSPS) is 16.4. The van der Waals surface area contributed by atoms with Gasteiger partial charge in [0.2, 0.25) is 11.8 Å². The SMILES string of the molecule is Clc1cccc(-n2nnnc2NCc2cccnc2OC2CCNC2)c1Cl. The second-order valence-corrected chi connectivity index (χ2v) is 6.83. The zero-order valence-corrected chi connectivity index (χ0v) is 15.8. The standard InChI is InChI=1S/C17H17Cl2N7O/c18-13-4-1-5-14(15(13)19)26-17(23-24-25-26)22-9-11-3-2-7-21-16(11)27-12-6-8-20-10-12/h1-5,7,12,20H,6,8-10H2,(H,22,23,25). The molecule has 1 fully saturated rings. The molecule has 1 aromatic carbocycles. The molecule has 1 unspecified atom stereocenters. The summed E-state index contributed by atoms with van der Waals surface area (Å²) in [7, 11) is 0. The molecule has 1 aliphatic rings. The van der Waals surface area contributed by atoms with E-state index in [2.05, 4.69) is 31.1 Å². The average molecular weight is 406 g/mol. The fourth-order valence-corrected chi connectivity index (χ4v) is 3.22. The van der Waals surface area contributed by atoms with Gasteiger partial charge >= 0.3 is 0 Å². The summed E-state index contributed by atoms with van der Waals surface area (Å²) in [6.45, 7) is 2.23. The lowest BCUT2D eigenvalue weighted by Gasteiger charge is -2.15. The minimum Gasteiger partial charge on any atom is -0.473 e. The highest BCUT2D eigenvalue weighted by Crippen LogP contribution is 2.29. The smallest absolute Gasteiger partial charge is 0.248 e. The lowest BCUT2D eigenvalue weighted by atomic mass is 10.2. The number of hydrogen-bond acceptors (Lipinski definition) is 7. The molecule has 0 bridgehead atoms. The van der Waals surface area contributed by atoms with Gasteiger partial charge in [-0.15, -0.1) is 0 Å². The molecule has 4 rings (SSSR count). The van der Waals surface area contributed by atoms with Crippen LogP contribution < -0.4 is 15.4 Å². The number of tetrazole rings is 1. The maximum absolute atomic E-state index is 6.28. The summed E-state index contributed by atoms with van der Waals surface area (Å²) in [5.74, 6) is 1.05. The van der Waals surface area contributed by atoms with E-state index < -0.39 is 0 Å². The first kappa shape index (κ1) is 18.0. The van der Waals surface area contributed by atoms with Crippen molar-refractivity contribution < 1.29 is 4.74 Å². The fourth-order valence-electron chi connectivity index (χ4n) is 2.84. The molecule has 0 radical (unpaired) electrons. The van der Waals surface area contributed by atoms with Crippen LogP contribution in [-0.4, -0.2) is 44.4 Å². The third kappa shape index (κ3) is 3.97. The summed E-state index contributed by atoms with van der Waals surface area (Å²) in [6, 6.07) is 9.12. The van der Waals surface area contributed by atoms with E-state index in [4.69, 9.17) is 27.9 Å². The van der Waals surface area contributed by atoms with E-state index in [1.54, 1.807) is 24.4 Å². The minimum absolute atomic E-state index is 0.134. The Labute approximate surface area is 165 Å². The van der Waals surface area contributed by atoms with Crippen molar-refractivity contribution in [1.82, 2.24) is 30.5 Å². The van der Waals surface area contributed by atoms with Gasteiger partial charge < -0.3 is 15.4 Å². The predicted octanol–water partition coefficient (Wildman–Crippen LogP) is 2.72. The van der Waals surface area contributed by atoms with Crippen LogP contribution in [0.4, 0.5) is 5.95 Å². The van der Waals surface area contributed by atoms with Crippen molar-refractivity contribution in [3.8, 4) is 11.6 Å². The molecule has 2 aromatic heterocycles. The molecular weight excluding hydrogens is 389 g/mol. The topological polar surface area (TPSA) is 89.8 Å². The highest BCUT2D eigenvalue weighted by molar-refractivity contribution is 6.43. The molecular formula is C17H17Cl2N7O. The molecule has 2 N–H and O–H groups in total. The van der Waals surface area contributed by atoms with Gasteiger partial charge in [0, 0.05) is 24.8 Å². The maximum atomic E-state index is 6.28. The van der Waals surface area contributed by atoms with E-state index in [1.807, 2.05) is 12.1 Å². The fraction of sp³-hybridized carbons (Fsp3) is 0.294. The molecule has 0 amide bonds. The van der Waals surface area contributed by atoms with Gasteiger partial charge in [-0.05, 0) is 41.6 Å². The number of ether oxygens (including phenoxy) is 1. The largest absolute Gasteiger partial charge is 0.473 e. The molecule has 0 spiro atoms. The number of nitrogens with zero attached hydrogens (tertiary/aromatic N) is 5. The molecule has 3 heterocycles. The van der Waals surface area contributed by atoms with Crippen LogP contribution in [0.3, 0.4) is 0 Å². The van der Waals surface area contributed by atoms with Crippen LogP contribution in [0.2, 0.25) is 10.0 Å². The van der Waals surface area contributed by atoms with Gasteiger partial charge in [0.05, 0.1) is 15.7 Å². The molecule has 140 valence electrons. The summed E-state index contributed by atoms with van der Waals surface area (Å²) < 4.78 is 7.52. The van der Waals surface area contributed by atoms with E-state index in [0.29, 0.717) is 34.1 Å². The Morgan fingerprint density at radius 3 is 3.04 bits per heavy atom. The Kier molecular flexibility index (Phi) is 5.38. The predicted molar refractivity (Wildman–Crippen MR) is 103 cm³/mol. The van der Waals surface area contributed by atoms with Crippen LogP contribution in [0.15, 0.2) is 36.5 Å². The van der Waals surface area contributed by atoms with Crippen molar-refractivity contribution in [2.45, 2.75) is 19.1 Å². The van der Waals surface area contributed by atoms with Gasteiger partial charge in [-0.2, -0.15) is 4.68 Å². The molecule has 8 nitrogen and oxygen atoms in total. The van der Waals surface area contributed by atoms with E-state index >= 15 is 0 Å². The number of anilines is 1.